The number of benzene rings is 2. The van der Waals surface area contributed by atoms with Gasteiger partial charge in [-0.05, 0) is 54.7 Å². The van der Waals surface area contributed by atoms with Crippen LogP contribution in [0.2, 0.25) is 0 Å². The second kappa shape index (κ2) is 8.87. The molecule has 2 aromatic carbocycles. The number of nitriles is 1. The van der Waals surface area contributed by atoms with Gasteiger partial charge in [0, 0.05) is 44.4 Å². The van der Waals surface area contributed by atoms with Crippen molar-refractivity contribution in [3.05, 3.63) is 64.7 Å². The fourth-order valence-electron chi connectivity index (χ4n) is 5.10. The van der Waals surface area contributed by atoms with E-state index in [1.807, 2.05) is 0 Å². The number of aliphatic hydroxyl groups is 1. The van der Waals surface area contributed by atoms with Crippen molar-refractivity contribution in [1.82, 2.24) is 4.90 Å². The number of hydrogen-bond donors (Lipinski definition) is 1. The van der Waals surface area contributed by atoms with Gasteiger partial charge in [-0.3, -0.25) is 4.79 Å². The summed E-state index contributed by atoms with van der Waals surface area (Å²) in [5.41, 5.74) is -1.95. The van der Waals surface area contributed by atoms with Gasteiger partial charge in [0.05, 0.1) is 22.8 Å². The topological polar surface area (TPSA) is 67.6 Å². The Kier molecular flexibility index (Phi) is 6.25. The SMILES string of the molecule is N#Cc1ccc(N2CC(CO)C3(CCN(C(=O)c4cc(F)ccc4F)CC3)C2)cc1C(F)(F)F. The summed E-state index contributed by atoms with van der Waals surface area (Å²) in [6.07, 6.45) is -3.76. The number of rotatable bonds is 3. The lowest BCUT2D eigenvalue weighted by atomic mass is 9.71. The number of carbonyl (C=O) groups excluding carboxylic acids is 1. The number of halogens is 5. The van der Waals surface area contributed by atoms with E-state index in [2.05, 4.69) is 0 Å². The number of nitrogens with zero attached hydrogens (tertiary/aromatic N) is 3. The fourth-order valence-corrected chi connectivity index (χ4v) is 5.10. The van der Waals surface area contributed by atoms with E-state index in [-0.39, 0.29) is 31.2 Å². The van der Waals surface area contributed by atoms with Crippen LogP contribution in [0.4, 0.5) is 27.6 Å². The molecule has 0 radical (unpaired) electrons. The van der Waals surface area contributed by atoms with Crippen molar-refractivity contribution in [2.45, 2.75) is 19.0 Å². The lowest BCUT2D eigenvalue weighted by Crippen LogP contribution is -2.47. The predicted octanol–water partition coefficient (Wildman–Crippen LogP) is 4.21. The van der Waals surface area contributed by atoms with Crippen molar-refractivity contribution < 1.29 is 31.9 Å². The average molecular weight is 479 g/mol. The molecule has 1 spiro atoms. The largest absolute Gasteiger partial charge is 0.417 e. The van der Waals surface area contributed by atoms with Gasteiger partial charge >= 0.3 is 6.18 Å². The van der Waals surface area contributed by atoms with Gasteiger partial charge in [-0.2, -0.15) is 18.4 Å². The molecule has 4 rings (SSSR count). The molecular formula is C24H22F5N3O2. The highest BCUT2D eigenvalue weighted by atomic mass is 19.4. The van der Waals surface area contributed by atoms with Crippen LogP contribution in [0.3, 0.4) is 0 Å². The molecule has 1 atom stereocenters. The summed E-state index contributed by atoms with van der Waals surface area (Å²) in [4.78, 5) is 15.9. The van der Waals surface area contributed by atoms with E-state index in [4.69, 9.17) is 5.26 Å². The number of amides is 1. The van der Waals surface area contributed by atoms with Crippen molar-refractivity contribution in [2.24, 2.45) is 11.3 Å². The third-order valence-corrected chi connectivity index (χ3v) is 7.03. The Morgan fingerprint density at radius 2 is 1.85 bits per heavy atom. The number of alkyl halides is 3. The maximum Gasteiger partial charge on any atom is 0.417 e. The zero-order valence-corrected chi connectivity index (χ0v) is 18.1. The fraction of sp³-hybridized carbons (Fsp3) is 0.417. The maximum absolute atomic E-state index is 14.0. The van der Waals surface area contributed by atoms with E-state index in [1.54, 1.807) is 11.0 Å². The summed E-state index contributed by atoms with van der Waals surface area (Å²) < 4.78 is 67.8. The van der Waals surface area contributed by atoms with E-state index >= 15 is 0 Å². The Balaban J connectivity index is 1.52. The Hall–Kier alpha value is -3.19. The first kappa shape index (κ1) is 24.0. The van der Waals surface area contributed by atoms with Gasteiger partial charge in [-0.25, -0.2) is 8.78 Å². The van der Waals surface area contributed by atoms with Gasteiger partial charge in [-0.15, -0.1) is 0 Å². The van der Waals surface area contributed by atoms with Crippen molar-refractivity contribution >= 4 is 11.6 Å². The average Bonchev–Trinajstić information content (AvgIpc) is 3.17. The van der Waals surface area contributed by atoms with Gasteiger partial charge in [0.15, 0.2) is 0 Å². The third-order valence-electron chi connectivity index (χ3n) is 7.03. The van der Waals surface area contributed by atoms with Crippen LogP contribution in [0.15, 0.2) is 36.4 Å². The molecule has 180 valence electrons. The van der Waals surface area contributed by atoms with Crippen molar-refractivity contribution in [3.63, 3.8) is 0 Å². The second-order valence-electron chi connectivity index (χ2n) is 8.88. The predicted molar refractivity (Wildman–Crippen MR) is 113 cm³/mol. The molecule has 0 aromatic heterocycles. The molecule has 2 heterocycles. The van der Waals surface area contributed by atoms with Gasteiger partial charge in [0.25, 0.3) is 5.91 Å². The highest BCUT2D eigenvalue weighted by molar-refractivity contribution is 5.94. The maximum atomic E-state index is 14.0. The first-order valence-corrected chi connectivity index (χ1v) is 10.8. The number of carbonyl (C=O) groups is 1. The summed E-state index contributed by atoms with van der Waals surface area (Å²) in [7, 11) is 0. The Morgan fingerprint density at radius 3 is 2.47 bits per heavy atom. The molecular weight excluding hydrogens is 457 g/mol. The van der Waals surface area contributed by atoms with E-state index in [9.17, 15) is 31.9 Å². The Labute approximate surface area is 193 Å². The van der Waals surface area contributed by atoms with Crippen molar-refractivity contribution in [1.29, 1.82) is 5.26 Å². The Bertz CT molecular complexity index is 1140. The minimum Gasteiger partial charge on any atom is -0.396 e. The zero-order valence-electron chi connectivity index (χ0n) is 18.1. The number of hydrogen-bond acceptors (Lipinski definition) is 4. The molecule has 2 fully saturated rings. The monoisotopic (exact) mass is 479 g/mol. The first-order valence-electron chi connectivity index (χ1n) is 10.8. The summed E-state index contributed by atoms with van der Waals surface area (Å²) >= 11 is 0. The molecule has 2 saturated heterocycles. The number of anilines is 1. The molecule has 5 nitrogen and oxygen atoms in total. The van der Waals surface area contributed by atoms with Crippen LogP contribution >= 0.6 is 0 Å². The molecule has 2 aromatic rings. The van der Waals surface area contributed by atoms with Crippen LogP contribution in [0.25, 0.3) is 0 Å². The molecule has 1 unspecified atom stereocenters. The van der Waals surface area contributed by atoms with E-state index in [0.717, 1.165) is 30.3 Å². The van der Waals surface area contributed by atoms with Crippen LogP contribution in [-0.2, 0) is 6.18 Å². The number of aliphatic hydroxyl groups excluding tert-OH is 1. The van der Waals surface area contributed by atoms with Gasteiger partial charge < -0.3 is 14.9 Å². The van der Waals surface area contributed by atoms with Gasteiger partial charge in [0.2, 0.25) is 0 Å². The van der Waals surface area contributed by atoms with Crippen LogP contribution in [-0.4, -0.2) is 48.7 Å². The number of piperidine rings is 1. The third kappa shape index (κ3) is 4.32. The van der Waals surface area contributed by atoms with E-state index in [0.29, 0.717) is 31.6 Å². The minimum atomic E-state index is -4.67. The number of likely N-dealkylation sites (tertiary alicyclic amines) is 1. The molecule has 1 N–H and O–H groups in total. The van der Waals surface area contributed by atoms with Gasteiger partial charge in [0.1, 0.15) is 11.6 Å². The second-order valence-corrected chi connectivity index (χ2v) is 8.88. The summed E-state index contributed by atoms with van der Waals surface area (Å²) in [6.45, 7) is 1.02. The van der Waals surface area contributed by atoms with Crippen molar-refractivity contribution in [3.8, 4) is 6.07 Å². The summed E-state index contributed by atoms with van der Waals surface area (Å²) in [5.74, 6) is -2.39. The van der Waals surface area contributed by atoms with Crippen LogP contribution < -0.4 is 4.90 Å². The highest BCUT2D eigenvalue weighted by Gasteiger charge is 2.48. The summed E-state index contributed by atoms with van der Waals surface area (Å²) in [5, 5.41) is 19.0. The standard InChI is InChI=1S/C24H22F5N3O2/c25-17-2-4-21(26)19(9-17)22(34)31-7-5-23(6-8-31)14-32(12-16(23)13-33)18-3-1-15(11-30)20(10-18)24(27,28)29/h1-4,9-10,16,33H,5-8,12-14H2. The quantitative estimate of drug-likeness (QED) is 0.670. The lowest BCUT2D eigenvalue weighted by molar-refractivity contribution is -0.137. The smallest absolute Gasteiger partial charge is 0.396 e. The minimum absolute atomic E-state index is 0.175. The molecule has 0 aliphatic carbocycles. The normalized spacial score (nSPS) is 20.0. The van der Waals surface area contributed by atoms with E-state index in [1.165, 1.54) is 11.0 Å². The van der Waals surface area contributed by atoms with Crippen molar-refractivity contribution in [2.75, 3.05) is 37.7 Å². The van der Waals surface area contributed by atoms with E-state index < -0.39 is 40.3 Å². The van der Waals surface area contributed by atoms with Crippen LogP contribution in [0.5, 0.6) is 0 Å². The zero-order chi connectivity index (χ0) is 24.7. The Morgan fingerprint density at radius 1 is 1.15 bits per heavy atom. The molecule has 10 heteroatoms. The highest BCUT2D eigenvalue weighted by Crippen LogP contribution is 2.46. The van der Waals surface area contributed by atoms with Crippen LogP contribution in [0, 0.1) is 34.3 Å². The molecule has 0 saturated carbocycles. The first-order chi connectivity index (χ1) is 16.1. The molecule has 34 heavy (non-hydrogen) atoms. The lowest BCUT2D eigenvalue weighted by Gasteiger charge is -2.42. The molecule has 1 amide bonds. The van der Waals surface area contributed by atoms with Gasteiger partial charge in [-0.1, -0.05) is 0 Å². The molecule has 2 aliphatic rings. The molecule has 0 bridgehead atoms. The summed E-state index contributed by atoms with van der Waals surface area (Å²) in [6, 6.07) is 7.83. The van der Waals surface area contributed by atoms with Crippen LogP contribution in [0.1, 0.15) is 34.3 Å². The molecule has 2 aliphatic heterocycles.